The predicted octanol–water partition coefficient (Wildman–Crippen LogP) is 0.521. The number of aromatic nitrogens is 2. The number of aryl methyl sites for hydroxylation is 1. The summed E-state index contributed by atoms with van der Waals surface area (Å²) in [6, 6.07) is -0.0186. The zero-order valence-corrected chi connectivity index (χ0v) is 12.5. The zero-order valence-electron chi connectivity index (χ0n) is 11.7. The molecule has 0 amide bonds. The van der Waals surface area contributed by atoms with Crippen LogP contribution in [0.1, 0.15) is 20.8 Å². The van der Waals surface area contributed by atoms with Gasteiger partial charge < -0.3 is 4.90 Å². The average molecular weight is 286 g/mol. The average Bonchev–Trinajstić information content (AvgIpc) is 2.97. The van der Waals surface area contributed by atoms with E-state index in [4.69, 9.17) is 0 Å². The molecule has 1 aromatic rings. The third-order valence-electron chi connectivity index (χ3n) is 3.69. The van der Waals surface area contributed by atoms with Crippen LogP contribution in [-0.2, 0) is 16.6 Å². The van der Waals surface area contributed by atoms with Crippen LogP contribution in [0.15, 0.2) is 17.3 Å². The summed E-state index contributed by atoms with van der Waals surface area (Å²) >= 11 is 0. The van der Waals surface area contributed by atoms with Crippen molar-refractivity contribution < 1.29 is 8.42 Å². The first-order chi connectivity index (χ1) is 8.96. The molecule has 108 valence electrons. The van der Waals surface area contributed by atoms with E-state index >= 15 is 0 Å². The van der Waals surface area contributed by atoms with Crippen molar-refractivity contribution in [2.75, 3.05) is 19.6 Å². The first kappa shape index (κ1) is 14.5. The van der Waals surface area contributed by atoms with Crippen LogP contribution < -0.4 is 4.72 Å². The lowest BCUT2D eigenvalue weighted by Crippen LogP contribution is -2.39. The summed E-state index contributed by atoms with van der Waals surface area (Å²) in [4.78, 5) is 2.50. The summed E-state index contributed by atoms with van der Waals surface area (Å²) in [5, 5.41) is 4.01. The summed E-state index contributed by atoms with van der Waals surface area (Å²) in [5.41, 5.74) is 0. The molecule has 1 aliphatic rings. The summed E-state index contributed by atoms with van der Waals surface area (Å²) in [6.45, 7) is 9.44. The Labute approximate surface area is 114 Å². The van der Waals surface area contributed by atoms with Crippen LogP contribution in [0, 0.1) is 5.92 Å². The molecule has 0 aliphatic carbocycles. The molecule has 7 heteroatoms. The number of rotatable bonds is 5. The number of nitrogens with zero attached hydrogens (tertiary/aromatic N) is 3. The van der Waals surface area contributed by atoms with Crippen molar-refractivity contribution in [3.8, 4) is 0 Å². The minimum absolute atomic E-state index is 0.0186. The van der Waals surface area contributed by atoms with Gasteiger partial charge in [0.2, 0.25) is 10.0 Å². The van der Waals surface area contributed by atoms with Gasteiger partial charge in [-0.15, -0.1) is 0 Å². The number of sulfonamides is 1. The van der Waals surface area contributed by atoms with E-state index in [2.05, 4.69) is 28.6 Å². The fourth-order valence-electron chi connectivity index (χ4n) is 2.40. The Balaban J connectivity index is 2.09. The summed E-state index contributed by atoms with van der Waals surface area (Å²) in [5.74, 6) is 0.330. The van der Waals surface area contributed by atoms with Crippen LogP contribution in [0.3, 0.4) is 0 Å². The Hall–Kier alpha value is -0.920. The molecular formula is C12H22N4O2S. The molecule has 1 fully saturated rings. The maximum Gasteiger partial charge on any atom is 0.243 e. The predicted molar refractivity (Wildman–Crippen MR) is 73.3 cm³/mol. The number of hydrogen-bond acceptors (Lipinski definition) is 4. The molecule has 0 bridgehead atoms. The van der Waals surface area contributed by atoms with Crippen molar-refractivity contribution in [1.82, 2.24) is 19.4 Å². The normalized spacial score (nSPS) is 25.0. The van der Waals surface area contributed by atoms with Crippen molar-refractivity contribution in [1.29, 1.82) is 0 Å². The highest BCUT2D eigenvalue weighted by Crippen LogP contribution is 2.18. The molecule has 1 N–H and O–H groups in total. The second-order valence-electron chi connectivity index (χ2n) is 5.09. The molecular weight excluding hydrogens is 264 g/mol. The standard InChI is InChI=1S/C12H22N4O2S/c1-4-15-7-10(3)12(9-15)14-19(17,18)11-6-13-16(5-2)8-11/h6,8,10,12,14H,4-5,7,9H2,1-3H3/t10-,12+/m0/s1. The van der Waals surface area contributed by atoms with E-state index in [0.717, 1.165) is 19.6 Å². The SMILES string of the molecule is CCN1C[C@H](C)[C@H](NS(=O)(=O)c2cnn(CC)c2)C1. The Morgan fingerprint density at radius 2 is 2.11 bits per heavy atom. The fourth-order valence-corrected chi connectivity index (χ4v) is 3.69. The van der Waals surface area contributed by atoms with Crippen LogP contribution in [0.4, 0.5) is 0 Å². The third-order valence-corrected chi connectivity index (χ3v) is 5.13. The van der Waals surface area contributed by atoms with Gasteiger partial charge in [-0.1, -0.05) is 13.8 Å². The molecule has 0 spiro atoms. The van der Waals surface area contributed by atoms with Crippen molar-refractivity contribution in [3.63, 3.8) is 0 Å². The van der Waals surface area contributed by atoms with Crippen LogP contribution >= 0.6 is 0 Å². The molecule has 0 unspecified atom stereocenters. The van der Waals surface area contributed by atoms with Gasteiger partial charge in [0.15, 0.2) is 0 Å². The molecule has 2 rings (SSSR count). The molecule has 2 heterocycles. The van der Waals surface area contributed by atoms with Gasteiger partial charge in [-0.25, -0.2) is 13.1 Å². The van der Waals surface area contributed by atoms with E-state index in [0.29, 0.717) is 12.5 Å². The number of hydrogen-bond donors (Lipinski definition) is 1. The number of nitrogens with one attached hydrogen (secondary N) is 1. The highest BCUT2D eigenvalue weighted by molar-refractivity contribution is 7.89. The van der Waals surface area contributed by atoms with Gasteiger partial charge in [0.1, 0.15) is 4.90 Å². The molecule has 0 saturated carbocycles. The minimum Gasteiger partial charge on any atom is -0.302 e. The third kappa shape index (κ3) is 3.16. The van der Waals surface area contributed by atoms with Gasteiger partial charge in [0.25, 0.3) is 0 Å². The van der Waals surface area contributed by atoms with Gasteiger partial charge in [0.05, 0.1) is 6.20 Å². The van der Waals surface area contributed by atoms with E-state index in [1.807, 2.05) is 6.92 Å². The Kier molecular flexibility index (Phi) is 4.27. The molecule has 1 saturated heterocycles. The second-order valence-corrected chi connectivity index (χ2v) is 6.80. The number of likely N-dealkylation sites (N-methyl/N-ethyl adjacent to an activating group) is 1. The van der Waals surface area contributed by atoms with Crippen molar-refractivity contribution in [3.05, 3.63) is 12.4 Å². The molecule has 1 aromatic heterocycles. The van der Waals surface area contributed by atoms with E-state index in [-0.39, 0.29) is 10.9 Å². The smallest absolute Gasteiger partial charge is 0.243 e. The maximum absolute atomic E-state index is 12.3. The number of likely N-dealkylation sites (tertiary alicyclic amines) is 1. The highest BCUT2D eigenvalue weighted by Gasteiger charge is 2.32. The molecule has 6 nitrogen and oxygen atoms in total. The molecule has 2 atom stereocenters. The quantitative estimate of drug-likeness (QED) is 0.857. The van der Waals surface area contributed by atoms with E-state index < -0.39 is 10.0 Å². The summed E-state index contributed by atoms with van der Waals surface area (Å²) in [6.07, 6.45) is 2.97. The Bertz CT molecular complexity index is 526. The van der Waals surface area contributed by atoms with Crippen LogP contribution in [0.2, 0.25) is 0 Å². The summed E-state index contributed by atoms with van der Waals surface area (Å²) in [7, 11) is -3.46. The lowest BCUT2D eigenvalue weighted by molar-refractivity contribution is 0.344. The van der Waals surface area contributed by atoms with Gasteiger partial charge in [-0.3, -0.25) is 4.68 Å². The second kappa shape index (κ2) is 5.60. The van der Waals surface area contributed by atoms with Crippen molar-refractivity contribution in [2.45, 2.75) is 38.3 Å². The molecule has 1 aliphatic heterocycles. The lowest BCUT2D eigenvalue weighted by Gasteiger charge is -2.16. The van der Waals surface area contributed by atoms with E-state index in [1.165, 1.54) is 6.20 Å². The molecule has 0 radical (unpaired) electrons. The zero-order chi connectivity index (χ0) is 14.0. The summed E-state index contributed by atoms with van der Waals surface area (Å²) < 4.78 is 29.0. The first-order valence-electron chi connectivity index (χ1n) is 6.73. The molecule has 0 aromatic carbocycles. The van der Waals surface area contributed by atoms with Crippen molar-refractivity contribution in [2.24, 2.45) is 5.92 Å². The van der Waals surface area contributed by atoms with Crippen LogP contribution in [0.25, 0.3) is 0 Å². The largest absolute Gasteiger partial charge is 0.302 e. The first-order valence-corrected chi connectivity index (χ1v) is 8.21. The fraction of sp³-hybridized carbons (Fsp3) is 0.750. The van der Waals surface area contributed by atoms with Gasteiger partial charge in [-0.05, 0) is 19.4 Å². The molecule has 19 heavy (non-hydrogen) atoms. The van der Waals surface area contributed by atoms with Gasteiger partial charge in [-0.2, -0.15) is 5.10 Å². The van der Waals surface area contributed by atoms with Gasteiger partial charge in [0, 0.05) is 31.9 Å². The topological polar surface area (TPSA) is 67.2 Å². The maximum atomic E-state index is 12.3. The van der Waals surface area contributed by atoms with Crippen molar-refractivity contribution >= 4 is 10.0 Å². The van der Waals surface area contributed by atoms with E-state index in [1.54, 1.807) is 10.9 Å². The van der Waals surface area contributed by atoms with Crippen LogP contribution in [-0.4, -0.2) is 48.8 Å². The van der Waals surface area contributed by atoms with Gasteiger partial charge >= 0.3 is 0 Å². The minimum atomic E-state index is -3.46. The Morgan fingerprint density at radius 1 is 1.37 bits per heavy atom. The van der Waals surface area contributed by atoms with Crippen LogP contribution in [0.5, 0.6) is 0 Å². The highest BCUT2D eigenvalue weighted by atomic mass is 32.2. The lowest BCUT2D eigenvalue weighted by atomic mass is 10.1. The monoisotopic (exact) mass is 286 g/mol. The Morgan fingerprint density at radius 3 is 2.63 bits per heavy atom. The van der Waals surface area contributed by atoms with E-state index in [9.17, 15) is 8.42 Å².